The van der Waals surface area contributed by atoms with Crippen LogP contribution >= 0.6 is 11.3 Å². The summed E-state index contributed by atoms with van der Waals surface area (Å²) in [5.74, 6) is 0.639. The average molecular weight is 395 g/mol. The van der Waals surface area contributed by atoms with Crippen molar-refractivity contribution in [3.05, 3.63) is 77.2 Å². The van der Waals surface area contributed by atoms with Crippen molar-refractivity contribution in [1.29, 1.82) is 0 Å². The largest absolute Gasteiger partial charge is 0.496 e. The fourth-order valence-corrected chi connectivity index (χ4v) is 3.45. The smallest absolute Gasteiger partial charge is 0.324 e. The summed E-state index contributed by atoms with van der Waals surface area (Å²) in [5.41, 5.74) is 1.74. The van der Waals surface area contributed by atoms with Gasteiger partial charge in [0.2, 0.25) is 0 Å². The van der Waals surface area contributed by atoms with E-state index >= 15 is 0 Å². The second kappa shape index (κ2) is 9.57. The van der Waals surface area contributed by atoms with Crippen LogP contribution < -0.4 is 20.7 Å². The van der Waals surface area contributed by atoms with E-state index in [2.05, 4.69) is 16.0 Å². The molecule has 0 saturated heterocycles. The van der Waals surface area contributed by atoms with E-state index < -0.39 is 0 Å². The highest BCUT2D eigenvalue weighted by atomic mass is 32.1. The lowest BCUT2D eigenvalue weighted by molar-refractivity contribution is 0.0958. The lowest BCUT2D eigenvalue weighted by Gasteiger charge is -2.08. The second-order valence-corrected chi connectivity index (χ2v) is 7.01. The van der Waals surface area contributed by atoms with E-state index in [9.17, 15) is 9.59 Å². The number of nitrogens with one attached hydrogen (secondary N) is 3. The Bertz CT molecular complexity index is 941. The fourth-order valence-electron chi connectivity index (χ4n) is 2.63. The summed E-state index contributed by atoms with van der Waals surface area (Å²) in [7, 11) is 1.63. The Kier molecular flexibility index (Phi) is 6.64. The zero-order valence-electron chi connectivity index (χ0n) is 15.4. The van der Waals surface area contributed by atoms with Gasteiger partial charge in [-0.2, -0.15) is 0 Å². The molecule has 0 aliphatic rings. The first-order valence-corrected chi connectivity index (χ1v) is 9.60. The minimum atomic E-state index is -0.351. The van der Waals surface area contributed by atoms with Crippen LogP contribution in [0.1, 0.15) is 15.2 Å². The van der Waals surface area contributed by atoms with Crippen LogP contribution in [0.25, 0.3) is 0 Å². The Hall–Kier alpha value is -3.32. The number of hydrogen-bond donors (Lipinski definition) is 3. The molecular weight excluding hydrogens is 374 g/mol. The average Bonchev–Trinajstić information content (AvgIpc) is 3.17. The predicted octanol–water partition coefficient (Wildman–Crippen LogP) is 4.37. The zero-order chi connectivity index (χ0) is 19.8. The number of thiophene rings is 1. The predicted molar refractivity (Wildman–Crippen MR) is 112 cm³/mol. The number of anilines is 2. The van der Waals surface area contributed by atoms with E-state index in [0.29, 0.717) is 28.5 Å². The molecule has 0 radical (unpaired) electrons. The van der Waals surface area contributed by atoms with Crippen molar-refractivity contribution < 1.29 is 14.3 Å². The molecule has 28 heavy (non-hydrogen) atoms. The summed E-state index contributed by atoms with van der Waals surface area (Å²) < 4.78 is 5.31. The Morgan fingerprint density at radius 2 is 1.68 bits per heavy atom. The van der Waals surface area contributed by atoms with Crippen LogP contribution in [-0.2, 0) is 6.42 Å². The number of ether oxygens (including phenoxy) is 1. The molecule has 3 aromatic rings. The van der Waals surface area contributed by atoms with Gasteiger partial charge in [-0.3, -0.25) is 10.1 Å². The number of urea groups is 1. The zero-order valence-corrected chi connectivity index (χ0v) is 16.2. The monoisotopic (exact) mass is 395 g/mol. The molecule has 0 fully saturated rings. The molecule has 1 heterocycles. The van der Waals surface area contributed by atoms with Gasteiger partial charge in [0, 0.05) is 12.2 Å². The molecule has 3 rings (SSSR count). The van der Waals surface area contributed by atoms with Gasteiger partial charge in [0.1, 0.15) is 5.75 Å². The van der Waals surface area contributed by atoms with E-state index in [-0.39, 0.29) is 11.9 Å². The molecule has 0 bridgehead atoms. The van der Waals surface area contributed by atoms with Gasteiger partial charge in [-0.1, -0.05) is 36.4 Å². The van der Waals surface area contributed by atoms with Gasteiger partial charge in [0.05, 0.1) is 17.0 Å². The Balaban J connectivity index is 1.49. The highest BCUT2D eigenvalue weighted by molar-refractivity contribution is 7.18. The number of benzene rings is 2. The minimum Gasteiger partial charge on any atom is -0.496 e. The van der Waals surface area contributed by atoms with Crippen LogP contribution in [0.2, 0.25) is 0 Å². The Morgan fingerprint density at radius 3 is 2.46 bits per heavy atom. The normalized spacial score (nSPS) is 10.2. The number of carbonyl (C=O) groups is 2. The van der Waals surface area contributed by atoms with Gasteiger partial charge < -0.3 is 15.4 Å². The van der Waals surface area contributed by atoms with Gasteiger partial charge in [-0.05, 0) is 42.3 Å². The molecule has 144 valence electrons. The van der Waals surface area contributed by atoms with E-state index in [1.54, 1.807) is 31.4 Å². The molecule has 0 aliphatic carbocycles. The molecule has 7 heteroatoms. The molecule has 0 atom stereocenters. The van der Waals surface area contributed by atoms with Crippen molar-refractivity contribution in [2.24, 2.45) is 0 Å². The third kappa shape index (κ3) is 5.34. The minimum absolute atomic E-state index is 0.170. The lowest BCUT2D eigenvalue weighted by Crippen LogP contribution is -2.25. The van der Waals surface area contributed by atoms with Crippen LogP contribution in [-0.4, -0.2) is 25.6 Å². The maximum absolute atomic E-state index is 12.3. The standard InChI is InChI=1S/C21H21N3O3S/c1-27-17-10-6-5-7-15(17)13-14-22-20(25)18-11-12-19(28-18)24-21(26)23-16-8-3-2-4-9-16/h2-12H,13-14H2,1H3,(H,22,25)(H2,23,24,26). The molecular formula is C21H21N3O3S. The Morgan fingerprint density at radius 1 is 0.929 bits per heavy atom. The second-order valence-electron chi connectivity index (χ2n) is 5.93. The number of para-hydroxylation sites is 2. The maximum Gasteiger partial charge on any atom is 0.324 e. The summed E-state index contributed by atoms with van der Waals surface area (Å²) in [6, 6.07) is 19.9. The van der Waals surface area contributed by atoms with Crippen LogP contribution in [0, 0.1) is 0 Å². The van der Waals surface area contributed by atoms with Crippen molar-refractivity contribution in [2.45, 2.75) is 6.42 Å². The topological polar surface area (TPSA) is 79.5 Å². The van der Waals surface area contributed by atoms with Gasteiger partial charge in [-0.15, -0.1) is 11.3 Å². The summed E-state index contributed by atoms with van der Waals surface area (Å²) in [5, 5.41) is 8.96. The molecule has 3 amide bonds. The first-order chi connectivity index (χ1) is 13.7. The van der Waals surface area contributed by atoms with Crippen LogP contribution in [0.15, 0.2) is 66.7 Å². The lowest BCUT2D eigenvalue weighted by atomic mass is 10.1. The number of hydrogen-bond acceptors (Lipinski definition) is 4. The maximum atomic E-state index is 12.3. The highest BCUT2D eigenvalue weighted by Crippen LogP contribution is 2.22. The molecule has 0 spiro atoms. The van der Waals surface area contributed by atoms with E-state index in [4.69, 9.17) is 4.74 Å². The molecule has 0 saturated carbocycles. The van der Waals surface area contributed by atoms with Crippen molar-refractivity contribution in [3.8, 4) is 5.75 Å². The van der Waals surface area contributed by atoms with Crippen LogP contribution in [0.5, 0.6) is 5.75 Å². The van der Waals surface area contributed by atoms with Crippen molar-refractivity contribution in [1.82, 2.24) is 5.32 Å². The number of methoxy groups -OCH3 is 1. The Labute approximate surface area is 167 Å². The quantitative estimate of drug-likeness (QED) is 0.556. The van der Waals surface area contributed by atoms with E-state index in [0.717, 1.165) is 11.3 Å². The first-order valence-electron chi connectivity index (χ1n) is 8.78. The molecule has 0 unspecified atom stereocenters. The first kappa shape index (κ1) is 19.4. The van der Waals surface area contributed by atoms with Crippen LogP contribution in [0.4, 0.5) is 15.5 Å². The highest BCUT2D eigenvalue weighted by Gasteiger charge is 2.11. The van der Waals surface area contributed by atoms with Gasteiger partial charge in [0.25, 0.3) is 5.91 Å². The van der Waals surface area contributed by atoms with E-state index in [1.165, 1.54) is 11.3 Å². The van der Waals surface area contributed by atoms with Gasteiger partial charge in [-0.25, -0.2) is 4.79 Å². The van der Waals surface area contributed by atoms with Gasteiger partial charge >= 0.3 is 6.03 Å². The molecule has 6 nitrogen and oxygen atoms in total. The SMILES string of the molecule is COc1ccccc1CCNC(=O)c1ccc(NC(=O)Nc2ccccc2)s1. The van der Waals surface area contributed by atoms with Crippen molar-refractivity contribution in [2.75, 3.05) is 24.3 Å². The molecule has 1 aromatic heterocycles. The fraction of sp³-hybridized carbons (Fsp3) is 0.143. The summed E-state index contributed by atoms with van der Waals surface area (Å²) in [6.45, 7) is 0.494. The molecule has 3 N–H and O–H groups in total. The number of amides is 3. The molecule has 0 aliphatic heterocycles. The van der Waals surface area contributed by atoms with Gasteiger partial charge in [0.15, 0.2) is 0 Å². The van der Waals surface area contributed by atoms with Crippen molar-refractivity contribution >= 4 is 34.0 Å². The summed E-state index contributed by atoms with van der Waals surface area (Å²) >= 11 is 1.23. The third-order valence-electron chi connectivity index (χ3n) is 3.97. The van der Waals surface area contributed by atoms with Crippen molar-refractivity contribution in [3.63, 3.8) is 0 Å². The molecule has 2 aromatic carbocycles. The third-order valence-corrected chi connectivity index (χ3v) is 4.97. The summed E-state index contributed by atoms with van der Waals surface area (Å²) in [6.07, 6.45) is 0.672. The van der Waals surface area contributed by atoms with E-state index in [1.807, 2.05) is 42.5 Å². The number of carbonyl (C=O) groups excluding carboxylic acids is 2. The van der Waals surface area contributed by atoms with Crippen LogP contribution in [0.3, 0.4) is 0 Å². The summed E-state index contributed by atoms with van der Waals surface area (Å²) in [4.78, 5) is 24.9. The number of rotatable bonds is 7.